The van der Waals surface area contributed by atoms with Crippen LogP contribution in [0.15, 0.2) is 36.5 Å². The van der Waals surface area contributed by atoms with Crippen molar-refractivity contribution < 1.29 is 4.39 Å². The summed E-state index contributed by atoms with van der Waals surface area (Å²) < 4.78 is 15.2. The third-order valence-electron chi connectivity index (χ3n) is 4.23. The molecule has 1 aliphatic rings. The van der Waals surface area contributed by atoms with Crippen LogP contribution in [-0.2, 0) is 5.67 Å². The van der Waals surface area contributed by atoms with Gasteiger partial charge >= 0.3 is 0 Å². The van der Waals surface area contributed by atoms with Gasteiger partial charge in [-0.25, -0.2) is 4.39 Å². The van der Waals surface area contributed by atoms with Crippen molar-refractivity contribution in [1.82, 2.24) is 10.3 Å². The molecule has 2 unspecified atom stereocenters. The second-order valence-electron chi connectivity index (χ2n) is 5.53. The van der Waals surface area contributed by atoms with Crippen LogP contribution in [0.25, 0.3) is 10.9 Å². The lowest BCUT2D eigenvalue weighted by Crippen LogP contribution is -2.39. The molecular weight excluding hydrogens is 239 g/mol. The van der Waals surface area contributed by atoms with Gasteiger partial charge in [0.15, 0.2) is 0 Å². The number of benzene rings is 1. The van der Waals surface area contributed by atoms with Gasteiger partial charge in [-0.3, -0.25) is 4.98 Å². The van der Waals surface area contributed by atoms with Crippen molar-refractivity contribution in [2.75, 3.05) is 13.1 Å². The summed E-state index contributed by atoms with van der Waals surface area (Å²) in [7, 11) is 0. The molecule has 0 aliphatic carbocycles. The van der Waals surface area contributed by atoms with Crippen molar-refractivity contribution in [2.45, 2.75) is 25.4 Å². The number of hydrogen-bond donors (Lipinski definition) is 1. The van der Waals surface area contributed by atoms with Gasteiger partial charge in [0.25, 0.3) is 0 Å². The number of fused-ring (bicyclic) bond motifs is 1. The topological polar surface area (TPSA) is 24.9 Å². The highest BCUT2D eigenvalue weighted by Gasteiger charge is 2.36. The average Bonchev–Trinajstić information content (AvgIpc) is 2.47. The zero-order valence-electron chi connectivity index (χ0n) is 11.2. The highest BCUT2D eigenvalue weighted by molar-refractivity contribution is 5.79. The van der Waals surface area contributed by atoms with Gasteiger partial charge in [0.1, 0.15) is 5.67 Å². The van der Waals surface area contributed by atoms with Crippen molar-refractivity contribution in [1.29, 1.82) is 0 Å². The summed E-state index contributed by atoms with van der Waals surface area (Å²) in [4.78, 5) is 4.32. The SMILES string of the molecule is CC(F)(c1ccc2cccnc2c1)C1CCCNC1. The molecule has 0 bridgehead atoms. The van der Waals surface area contributed by atoms with Crippen LogP contribution in [0, 0.1) is 5.92 Å². The fourth-order valence-electron chi connectivity index (χ4n) is 2.92. The van der Waals surface area contributed by atoms with Gasteiger partial charge in [0.2, 0.25) is 0 Å². The Balaban J connectivity index is 1.97. The number of aromatic nitrogens is 1. The zero-order chi connectivity index (χ0) is 13.3. The Hall–Kier alpha value is -1.48. The lowest BCUT2D eigenvalue weighted by Gasteiger charge is -2.34. The molecule has 2 aromatic rings. The van der Waals surface area contributed by atoms with E-state index < -0.39 is 5.67 Å². The van der Waals surface area contributed by atoms with Gasteiger partial charge in [0.05, 0.1) is 5.52 Å². The summed E-state index contributed by atoms with van der Waals surface area (Å²) in [6.45, 7) is 3.47. The second kappa shape index (κ2) is 4.89. The van der Waals surface area contributed by atoms with Crippen molar-refractivity contribution in [2.24, 2.45) is 5.92 Å². The summed E-state index contributed by atoms with van der Waals surface area (Å²) >= 11 is 0. The van der Waals surface area contributed by atoms with Crippen LogP contribution in [0.2, 0.25) is 0 Å². The number of nitrogens with zero attached hydrogens (tertiary/aromatic N) is 1. The quantitative estimate of drug-likeness (QED) is 0.892. The van der Waals surface area contributed by atoms with E-state index in [9.17, 15) is 0 Å². The fraction of sp³-hybridized carbons (Fsp3) is 0.438. The first-order chi connectivity index (χ1) is 9.18. The standard InChI is InChI=1S/C16H19FN2/c1-16(17,14-5-3-8-18-11-14)13-7-6-12-4-2-9-19-15(12)10-13/h2,4,6-7,9-10,14,18H,3,5,8,11H2,1H3. The van der Waals surface area contributed by atoms with Gasteiger partial charge in [-0.1, -0.05) is 18.2 Å². The predicted octanol–water partition coefficient (Wildman–Crippen LogP) is 3.42. The molecule has 1 fully saturated rings. The molecule has 2 nitrogen and oxygen atoms in total. The third-order valence-corrected chi connectivity index (χ3v) is 4.23. The summed E-state index contributed by atoms with van der Waals surface area (Å²) in [5.41, 5.74) is 0.319. The third kappa shape index (κ3) is 2.35. The Labute approximate surface area is 113 Å². The first-order valence-electron chi connectivity index (χ1n) is 6.93. The molecule has 19 heavy (non-hydrogen) atoms. The Morgan fingerprint density at radius 3 is 3.05 bits per heavy atom. The van der Waals surface area contributed by atoms with Crippen molar-refractivity contribution in [3.8, 4) is 0 Å². The Bertz CT molecular complexity index is 574. The van der Waals surface area contributed by atoms with E-state index in [0.29, 0.717) is 0 Å². The molecule has 1 aliphatic heterocycles. The maximum Gasteiger partial charge on any atom is 0.137 e. The highest BCUT2D eigenvalue weighted by atomic mass is 19.1. The largest absolute Gasteiger partial charge is 0.316 e. The van der Waals surface area contributed by atoms with Crippen LogP contribution in [0.4, 0.5) is 4.39 Å². The maximum atomic E-state index is 15.2. The number of hydrogen-bond acceptors (Lipinski definition) is 2. The normalized spacial score (nSPS) is 23.2. The van der Waals surface area contributed by atoms with E-state index in [-0.39, 0.29) is 5.92 Å². The van der Waals surface area contributed by atoms with Crippen molar-refractivity contribution >= 4 is 10.9 Å². The van der Waals surface area contributed by atoms with E-state index in [1.807, 2.05) is 30.3 Å². The van der Waals surface area contributed by atoms with Gasteiger partial charge in [-0.05, 0) is 44.0 Å². The minimum absolute atomic E-state index is 0.0439. The summed E-state index contributed by atoms with van der Waals surface area (Å²) in [5.74, 6) is 0.0439. The molecule has 0 spiro atoms. The van der Waals surface area contributed by atoms with Crippen molar-refractivity contribution in [3.05, 3.63) is 42.1 Å². The average molecular weight is 258 g/mol. The Kier molecular flexibility index (Phi) is 3.23. The highest BCUT2D eigenvalue weighted by Crippen LogP contribution is 2.38. The first kappa shape index (κ1) is 12.5. The van der Waals surface area contributed by atoms with Crippen LogP contribution in [-0.4, -0.2) is 18.1 Å². The number of piperidine rings is 1. The molecule has 0 saturated carbocycles. The van der Waals surface area contributed by atoms with Crippen LogP contribution in [0.5, 0.6) is 0 Å². The summed E-state index contributed by atoms with van der Waals surface area (Å²) in [5, 5.41) is 4.35. The minimum atomic E-state index is -1.29. The second-order valence-corrected chi connectivity index (χ2v) is 5.53. The van der Waals surface area contributed by atoms with E-state index in [2.05, 4.69) is 10.3 Å². The van der Waals surface area contributed by atoms with E-state index in [4.69, 9.17) is 0 Å². The van der Waals surface area contributed by atoms with Crippen LogP contribution in [0.3, 0.4) is 0 Å². The molecule has 3 heteroatoms. The molecule has 1 N–H and O–H groups in total. The molecule has 2 heterocycles. The van der Waals surface area contributed by atoms with Gasteiger partial charge < -0.3 is 5.32 Å². The Morgan fingerprint density at radius 2 is 2.26 bits per heavy atom. The number of rotatable bonds is 2. The van der Waals surface area contributed by atoms with E-state index in [1.54, 1.807) is 13.1 Å². The smallest absolute Gasteiger partial charge is 0.137 e. The Morgan fingerprint density at radius 1 is 1.37 bits per heavy atom. The molecular formula is C16H19FN2. The van der Waals surface area contributed by atoms with E-state index in [0.717, 1.165) is 42.4 Å². The molecule has 3 rings (SSSR count). The lowest BCUT2D eigenvalue weighted by atomic mass is 9.80. The molecule has 1 aromatic heterocycles. The van der Waals surface area contributed by atoms with Crippen molar-refractivity contribution in [3.63, 3.8) is 0 Å². The minimum Gasteiger partial charge on any atom is -0.316 e. The van der Waals surface area contributed by atoms with E-state index >= 15 is 4.39 Å². The fourth-order valence-corrected chi connectivity index (χ4v) is 2.92. The number of nitrogens with one attached hydrogen (secondary N) is 1. The monoisotopic (exact) mass is 258 g/mol. The first-order valence-corrected chi connectivity index (χ1v) is 6.93. The molecule has 0 radical (unpaired) electrons. The maximum absolute atomic E-state index is 15.2. The lowest BCUT2D eigenvalue weighted by molar-refractivity contribution is 0.0813. The molecule has 2 atom stereocenters. The van der Waals surface area contributed by atoms with Crippen LogP contribution < -0.4 is 5.32 Å². The van der Waals surface area contributed by atoms with Gasteiger partial charge in [0, 0.05) is 24.0 Å². The summed E-state index contributed by atoms with van der Waals surface area (Å²) in [6, 6.07) is 9.67. The molecule has 100 valence electrons. The molecule has 1 aromatic carbocycles. The number of pyridine rings is 1. The number of halogens is 1. The van der Waals surface area contributed by atoms with Gasteiger partial charge in [-0.2, -0.15) is 0 Å². The zero-order valence-corrected chi connectivity index (χ0v) is 11.2. The van der Waals surface area contributed by atoms with Crippen LogP contribution in [0.1, 0.15) is 25.3 Å². The molecule has 1 saturated heterocycles. The van der Waals surface area contributed by atoms with Gasteiger partial charge in [-0.15, -0.1) is 0 Å². The van der Waals surface area contributed by atoms with Crippen LogP contribution >= 0.6 is 0 Å². The number of alkyl halides is 1. The van der Waals surface area contributed by atoms with E-state index in [1.165, 1.54) is 0 Å². The summed E-state index contributed by atoms with van der Waals surface area (Å²) in [6.07, 6.45) is 3.75. The molecule has 0 amide bonds. The predicted molar refractivity (Wildman–Crippen MR) is 75.8 cm³/mol.